The lowest BCUT2D eigenvalue weighted by Crippen LogP contribution is -2.08. The van der Waals surface area contributed by atoms with Crippen LogP contribution in [0.15, 0.2) is 28.8 Å². The highest BCUT2D eigenvalue weighted by Gasteiger charge is 2.13. The number of nitrogens with one attached hydrogen (secondary N) is 1. The molecule has 2 heterocycles. The fourth-order valence-electron chi connectivity index (χ4n) is 2.07. The molecule has 3 rings (SSSR count). The number of aromatic amines is 1. The lowest BCUT2D eigenvalue weighted by molar-refractivity contribution is 0.158. The van der Waals surface area contributed by atoms with Crippen LogP contribution in [0, 0.1) is 6.92 Å². The number of aryl methyl sites for hydroxylation is 1. The second-order valence-corrected chi connectivity index (χ2v) is 5.10. The van der Waals surface area contributed by atoms with Gasteiger partial charge in [-0.3, -0.25) is 5.10 Å². The van der Waals surface area contributed by atoms with Gasteiger partial charge >= 0.3 is 0 Å². The Bertz CT molecular complexity index is 765. The molecule has 0 aliphatic carbocycles. The number of nitrogens with zero attached hydrogens (tertiary/aromatic N) is 4. The van der Waals surface area contributed by atoms with E-state index in [1.807, 2.05) is 38.1 Å². The van der Waals surface area contributed by atoms with Gasteiger partial charge in [-0.25, -0.2) is 4.98 Å². The van der Waals surface area contributed by atoms with Crippen LogP contribution in [-0.2, 0) is 6.42 Å². The number of aliphatic hydroxyl groups is 1. The zero-order valence-corrected chi connectivity index (χ0v) is 12.4. The molecule has 7 nitrogen and oxygen atoms in total. The highest BCUT2D eigenvalue weighted by Crippen LogP contribution is 2.22. The maximum Gasteiger partial charge on any atom is 0.229 e. The predicted octanol–water partition coefficient (Wildman–Crippen LogP) is 2.14. The van der Waals surface area contributed by atoms with Crippen LogP contribution in [0.1, 0.15) is 25.1 Å². The van der Waals surface area contributed by atoms with Gasteiger partial charge in [0, 0.05) is 11.1 Å². The van der Waals surface area contributed by atoms with Crippen LogP contribution >= 0.6 is 0 Å². The van der Waals surface area contributed by atoms with E-state index < -0.39 is 6.10 Å². The zero-order chi connectivity index (χ0) is 15.5. The molecule has 2 aromatic heterocycles. The lowest BCUT2D eigenvalue weighted by atomic mass is 10.1. The molecule has 0 aliphatic rings. The van der Waals surface area contributed by atoms with Gasteiger partial charge in [0.1, 0.15) is 5.82 Å². The van der Waals surface area contributed by atoms with Gasteiger partial charge in [0.05, 0.1) is 12.5 Å². The summed E-state index contributed by atoms with van der Waals surface area (Å²) in [4.78, 5) is 8.63. The van der Waals surface area contributed by atoms with Gasteiger partial charge in [0.15, 0.2) is 5.82 Å². The summed E-state index contributed by atoms with van der Waals surface area (Å²) in [5.74, 6) is 2.32. The van der Waals surface area contributed by atoms with Crippen LogP contribution < -0.4 is 0 Å². The Kier molecular flexibility index (Phi) is 3.97. The number of rotatable bonds is 5. The van der Waals surface area contributed by atoms with Crippen LogP contribution in [0.2, 0.25) is 0 Å². The summed E-state index contributed by atoms with van der Waals surface area (Å²) in [6.45, 7) is 3.76. The third kappa shape index (κ3) is 3.04. The molecule has 0 amide bonds. The van der Waals surface area contributed by atoms with E-state index in [0.717, 1.165) is 17.0 Å². The molecule has 1 atom stereocenters. The minimum atomic E-state index is -0.462. The number of benzene rings is 1. The number of hydrogen-bond donors (Lipinski definition) is 2. The Balaban J connectivity index is 1.86. The summed E-state index contributed by atoms with van der Waals surface area (Å²) in [7, 11) is 0. The van der Waals surface area contributed by atoms with Crippen LogP contribution in [-0.4, -0.2) is 36.5 Å². The zero-order valence-electron chi connectivity index (χ0n) is 12.4. The van der Waals surface area contributed by atoms with Crippen molar-refractivity contribution in [1.82, 2.24) is 25.3 Å². The molecule has 0 aliphatic heterocycles. The third-order valence-electron chi connectivity index (χ3n) is 3.33. The average molecular weight is 299 g/mol. The molecule has 3 aromatic rings. The van der Waals surface area contributed by atoms with E-state index in [2.05, 4.69) is 25.3 Å². The van der Waals surface area contributed by atoms with Crippen LogP contribution in [0.25, 0.3) is 22.8 Å². The molecule has 0 fully saturated rings. The van der Waals surface area contributed by atoms with Crippen molar-refractivity contribution in [2.75, 3.05) is 0 Å². The van der Waals surface area contributed by atoms with Crippen molar-refractivity contribution in [3.63, 3.8) is 0 Å². The van der Waals surface area contributed by atoms with E-state index in [0.29, 0.717) is 30.4 Å². The molecule has 0 saturated heterocycles. The first kappa shape index (κ1) is 14.4. The van der Waals surface area contributed by atoms with Gasteiger partial charge in [-0.1, -0.05) is 30.3 Å². The van der Waals surface area contributed by atoms with E-state index in [1.54, 1.807) is 0 Å². The van der Waals surface area contributed by atoms with Gasteiger partial charge in [0.2, 0.25) is 11.7 Å². The van der Waals surface area contributed by atoms with Crippen molar-refractivity contribution < 1.29 is 9.63 Å². The van der Waals surface area contributed by atoms with E-state index >= 15 is 0 Å². The van der Waals surface area contributed by atoms with Crippen molar-refractivity contribution in [2.24, 2.45) is 0 Å². The van der Waals surface area contributed by atoms with Gasteiger partial charge in [-0.05, 0) is 19.4 Å². The van der Waals surface area contributed by atoms with Gasteiger partial charge < -0.3 is 9.63 Å². The molecule has 0 saturated carbocycles. The highest BCUT2D eigenvalue weighted by atomic mass is 16.5. The van der Waals surface area contributed by atoms with E-state index in [9.17, 15) is 5.11 Å². The van der Waals surface area contributed by atoms with Gasteiger partial charge in [-0.15, -0.1) is 0 Å². The molecule has 114 valence electrons. The Hall–Kier alpha value is -2.54. The molecular weight excluding hydrogens is 282 g/mol. The summed E-state index contributed by atoms with van der Waals surface area (Å²) >= 11 is 0. The van der Waals surface area contributed by atoms with Crippen LogP contribution in [0.5, 0.6) is 0 Å². The minimum Gasteiger partial charge on any atom is -0.393 e. The second-order valence-electron chi connectivity index (χ2n) is 5.10. The van der Waals surface area contributed by atoms with Crippen molar-refractivity contribution in [3.8, 4) is 22.8 Å². The first-order valence-electron chi connectivity index (χ1n) is 7.16. The molecule has 7 heteroatoms. The SMILES string of the molecule is CCC(O)Cc1nc(-c2cccc(-c3n[nH]c(C)n3)c2)no1. The number of aliphatic hydroxyl groups excluding tert-OH is 1. The molecule has 0 spiro atoms. The Labute approximate surface area is 127 Å². The highest BCUT2D eigenvalue weighted by molar-refractivity contribution is 5.65. The monoisotopic (exact) mass is 299 g/mol. The first-order valence-corrected chi connectivity index (χ1v) is 7.16. The maximum absolute atomic E-state index is 9.64. The summed E-state index contributed by atoms with van der Waals surface area (Å²) in [5, 5.41) is 20.6. The third-order valence-corrected chi connectivity index (χ3v) is 3.33. The summed E-state index contributed by atoms with van der Waals surface area (Å²) in [5.41, 5.74) is 1.70. The predicted molar refractivity (Wildman–Crippen MR) is 79.8 cm³/mol. The van der Waals surface area contributed by atoms with Gasteiger partial charge in [-0.2, -0.15) is 10.1 Å². The quantitative estimate of drug-likeness (QED) is 0.748. The molecule has 0 radical (unpaired) electrons. The molecule has 1 unspecified atom stereocenters. The van der Waals surface area contributed by atoms with Gasteiger partial charge in [0.25, 0.3) is 0 Å². The lowest BCUT2D eigenvalue weighted by Gasteiger charge is -2.01. The van der Waals surface area contributed by atoms with Crippen molar-refractivity contribution >= 4 is 0 Å². The summed E-state index contributed by atoms with van der Waals surface area (Å²) in [6, 6.07) is 7.63. The van der Waals surface area contributed by atoms with E-state index in [4.69, 9.17) is 4.52 Å². The molecular formula is C15H17N5O2. The fraction of sp³-hybridized carbons (Fsp3) is 0.333. The number of H-pyrrole nitrogens is 1. The van der Waals surface area contributed by atoms with Crippen molar-refractivity contribution in [2.45, 2.75) is 32.8 Å². The Morgan fingerprint density at radius 3 is 2.68 bits per heavy atom. The standard InChI is InChI=1S/C15H17N5O2/c1-3-12(21)8-13-17-15(20-22-13)11-6-4-5-10(7-11)14-16-9(2)18-19-14/h4-7,12,21H,3,8H2,1-2H3,(H,16,18,19). The van der Waals surface area contributed by atoms with Crippen LogP contribution in [0.4, 0.5) is 0 Å². The number of aromatic nitrogens is 5. The normalized spacial score (nSPS) is 12.5. The van der Waals surface area contributed by atoms with Crippen molar-refractivity contribution in [1.29, 1.82) is 0 Å². The fourth-order valence-corrected chi connectivity index (χ4v) is 2.07. The van der Waals surface area contributed by atoms with Crippen LogP contribution in [0.3, 0.4) is 0 Å². The number of hydrogen-bond acceptors (Lipinski definition) is 6. The van der Waals surface area contributed by atoms with E-state index in [-0.39, 0.29) is 0 Å². The van der Waals surface area contributed by atoms with Crippen molar-refractivity contribution in [3.05, 3.63) is 36.0 Å². The molecule has 0 bridgehead atoms. The summed E-state index contributed by atoms with van der Waals surface area (Å²) < 4.78 is 5.18. The van der Waals surface area contributed by atoms with E-state index in [1.165, 1.54) is 0 Å². The molecule has 22 heavy (non-hydrogen) atoms. The topological polar surface area (TPSA) is 101 Å². The molecule has 2 N–H and O–H groups in total. The maximum atomic E-state index is 9.64. The molecule has 1 aromatic carbocycles. The Morgan fingerprint density at radius 2 is 2.00 bits per heavy atom. The first-order chi connectivity index (χ1) is 10.7. The summed E-state index contributed by atoms with van der Waals surface area (Å²) in [6.07, 6.45) is 0.552. The Morgan fingerprint density at radius 1 is 1.23 bits per heavy atom. The average Bonchev–Trinajstić information content (AvgIpc) is 3.16. The minimum absolute atomic E-state index is 0.364. The largest absolute Gasteiger partial charge is 0.393 e. The smallest absolute Gasteiger partial charge is 0.229 e. The second kappa shape index (κ2) is 6.07.